The fourth-order valence-corrected chi connectivity index (χ4v) is 2.03. The maximum absolute atomic E-state index is 12.1. The fourth-order valence-electron chi connectivity index (χ4n) is 2.03. The van der Waals surface area contributed by atoms with Crippen LogP contribution in [-0.4, -0.2) is 35.4 Å². The van der Waals surface area contributed by atoms with Gasteiger partial charge < -0.3 is 9.84 Å². The van der Waals surface area contributed by atoms with Crippen molar-refractivity contribution in [2.75, 3.05) is 13.1 Å². The molecule has 0 fully saturated rings. The van der Waals surface area contributed by atoms with Crippen LogP contribution in [0.3, 0.4) is 0 Å². The lowest BCUT2D eigenvalue weighted by Crippen LogP contribution is -2.33. The van der Waals surface area contributed by atoms with Gasteiger partial charge in [0.05, 0.1) is 6.54 Å². The van der Waals surface area contributed by atoms with Gasteiger partial charge >= 0.3 is 12.3 Å². The molecule has 0 aliphatic carbocycles. The normalized spacial score (nSPS) is 13.2. The van der Waals surface area contributed by atoms with E-state index in [9.17, 15) is 18.0 Å². The van der Waals surface area contributed by atoms with Gasteiger partial charge in [0.25, 0.3) is 0 Å². The van der Waals surface area contributed by atoms with Gasteiger partial charge in [-0.1, -0.05) is 19.1 Å². The summed E-state index contributed by atoms with van der Waals surface area (Å²) in [5.41, 5.74) is 0.735. The highest BCUT2D eigenvalue weighted by molar-refractivity contribution is 5.69. The van der Waals surface area contributed by atoms with Crippen LogP contribution < -0.4 is 4.74 Å². The standard InChI is InChI=1S/C14H18F3NO3/c1-3-8-18(9-13(19)20)10(2)11-4-6-12(7-5-11)21-14(15,16)17/h4-7,10H,3,8-9H2,1-2H3,(H,19,20). The van der Waals surface area contributed by atoms with Crippen molar-refractivity contribution in [1.29, 1.82) is 0 Å². The van der Waals surface area contributed by atoms with Crippen molar-refractivity contribution in [2.45, 2.75) is 32.7 Å². The molecule has 0 heterocycles. The number of carboxylic acids is 1. The Balaban J connectivity index is 2.80. The maximum Gasteiger partial charge on any atom is 0.573 e. The van der Waals surface area contributed by atoms with Crippen molar-refractivity contribution >= 4 is 5.97 Å². The van der Waals surface area contributed by atoms with E-state index in [0.29, 0.717) is 6.54 Å². The number of rotatable bonds is 7. The van der Waals surface area contributed by atoms with E-state index < -0.39 is 12.3 Å². The molecule has 1 rings (SSSR count). The van der Waals surface area contributed by atoms with E-state index in [1.165, 1.54) is 24.3 Å². The summed E-state index contributed by atoms with van der Waals surface area (Å²) in [6, 6.07) is 5.27. The predicted molar refractivity (Wildman–Crippen MR) is 71.0 cm³/mol. The van der Waals surface area contributed by atoms with E-state index in [0.717, 1.165) is 12.0 Å². The molecule has 4 nitrogen and oxygen atoms in total. The lowest BCUT2D eigenvalue weighted by molar-refractivity contribution is -0.274. The van der Waals surface area contributed by atoms with Crippen LogP contribution in [0.15, 0.2) is 24.3 Å². The van der Waals surface area contributed by atoms with Crippen LogP contribution in [0.2, 0.25) is 0 Å². The summed E-state index contributed by atoms with van der Waals surface area (Å²) in [7, 11) is 0. The molecule has 1 unspecified atom stereocenters. The lowest BCUT2D eigenvalue weighted by Gasteiger charge is -2.27. The third kappa shape index (κ3) is 6.03. The Bertz CT molecular complexity index is 460. The van der Waals surface area contributed by atoms with Gasteiger partial charge in [-0.2, -0.15) is 0 Å². The molecule has 7 heteroatoms. The zero-order valence-electron chi connectivity index (χ0n) is 11.9. The molecule has 1 aromatic carbocycles. The van der Waals surface area contributed by atoms with Crippen LogP contribution in [0.25, 0.3) is 0 Å². The van der Waals surface area contributed by atoms with Gasteiger partial charge in [0.2, 0.25) is 0 Å². The van der Waals surface area contributed by atoms with Crippen LogP contribution in [0.1, 0.15) is 31.9 Å². The Labute approximate surface area is 121 Å². The Hall–Kier alpha value is -1.76. The summed E-state index contributed by atoms with van der Waals surface area (Å²) >= 11 is 0. The zero-order valence-corrected chi connectivity index (χ0v) is 11.9. The molecule has 0 radical (unpaired) electrons. The van der Waals surface area contributed by atoms with Crippen molar-refractivity contribution in [3.63, 3.8) is 0 Å². The second-order valence-electron chi connectivity index (χ2n) is 4.66. The number of hydrogen-bond donors (Lipinski definition) is 1. The third-order valence-electron chi connectivity index (χ3n) is 2.99. The van der Waals surface area contributed by atoms with Crippen molar-refractivity contribution in [2.24, 2.45) is 0 Å². The number of ether oxygens (including phenoxy) is 1. The first kappa shape index (κ1) is 17.3. The van der Waals surface area contributed by atoms with Crippen molar-refractivity contribution in [1.82, 2.24) is 4.90 Å². The molecular weight excluding hydrogens is 287 g/mol. The number of benzene rings is 1. The third-order valence-corrected chi connectivity index (χ3v) is 2.99. The molecule has 1 N–H and O–H groups in total. The summed E-state index contributed by atoms with van der Waals surface area (Å²) < 4.78 is 40.0. The Kier molecular flexibility index (Phi) is 6.02. The van der Waals surface area contributed by atoms with E-state index in [4.69, 9.17) is 5.11 Å². The first-order valence-electron chi connectivity index (χ1n) is 6.54. The van der Waals surface area contributed by atoms with Crippen LogP contribution in [0.4, 0.5) is 13.2 Å². The summed E-state index contributed by atoms with van der Waals surface area (Å²) in [5, 5.41) is 8.89. The summed E-state index contributed by atoms with van der Waals surface area (Å²) in [4.78, 5) is 12.6. The van der Waals surface area contributed by atoms with E-state index >= 15 is 0 Å². The van der Waals surface area contributed by atoms with Gasteiger partial charge in [-0.25, -0.2) is 0 Å². The van der Waals surface area contributed by atoms with Crippen molar-refractivity contribution in [3.8, 4) is 5.75 Å². The van der Waals surface area contributed by atoms with Gasteiger partial charge in [-0.3, -0.25) is 9.69 Å². The van der Waals surface area contributed by atoms with Crippen LogP contribution in [0.5, 0.6) is 5.75 Å². The highest BCUT2D eigenvalue weighted by Gasteiger charge is 2.31. The molecule has 0 aromatic heterocycles. The molecule has 1 atom stereocenters. The average molecular weight is 305 g/mol. The first-order chi connectivity index (χ1) is 9.73. The number of alkyl halides is 3. The molecule has 21 heavy (non-hydrogen) atoms. The Morgan fingerprint density at radius 1 is 1.33 bits per heavy atom. The number of carbonyl (C=O) groups is 1. The molecule has 0 aliphatic rings. The number of carboxylic acid groups (broad SMARTS) is 1. The smallest absolute Gasteiger partial charge is 0.480 e. The Morgan fingerprint density at radius 3 is 2.33 bits per heavy atom. The SMILES string of the molecule is CCCN(CC(=O)O)C(C)c1ccc(OC(F)(F)F)cc1. The largest absolute Gasteiger partial charge is 0.573 e. The van der Waals surface area contributed by atoms with E-state index in [-0.39, 0.29) is 18.3 Å². The molecule has 0 saturated heterocycles. The Morgan fingerprint density at radius 2 is 1.90 bits per heavy atom. The van der Waals surface area contributed by atoms with Crippen LogP contribution in [-0.2, 0) is 4.79 Å². The van der Waals surface area contributed by atoms with E-state index in [1.54, 1.807) is 4.90 Å². The summed E-state index contributed by atoms with van der Waals surface area (Å²) in [5.74, 6) is -1.23. The molecule has 0 spiro atoms. The molecule has 118 valence electrons. The number of hydrogen-bond acceptors (Lipinski definition) is 3. The van der Waals surface area contributed by atoms with Gasteiger partial charge in [0, 0.05) is 6.04 Å². The highest BCUT2D eigenvalue weighted by Crippen LogP contribution is 2.26. The molecular formula is C14H18F3NO3. The van der Waals surface area contributed by atoms with E-state index in [2.05, 4.69) is 4.74 Å². The zero-order chi connectivity index (χ0) is 16.0. The van der Waals surface area contributed by atoms with Gasteiger partial charge in [0.15, 0.2) is 0 Å². The quantitative estimate of drug-likeness (QED) is 0.838. The first-order valence-corrected chi connectivity index (χ1v) is 6.54. The van der Waals surface area contributed by atoms with Gasteiger partial charge in [-0.15, -0.1) is 13.2 Å². The van der Waals surface area contributed by atoms with Crippen LogP contribution >= 0.6 is 0 Å². The minimum atomic E-state index is -4.72. The van der Waals surface area contributed by atoms with Crippen molar-refractivity contribution < 1.29 is 27.8 Å². The van der Waals surface area contributed by atoms with Gasteiger partial charge in [-0.05, 0) is 37.6 Å². The number of halogens is 3. The van der Waals surface area contributed by atoms with Gasteiger partial charge in [0.1, 0.15) is 5.75 Å². The average Bonchev–Trinajstić information content (AvgIpc) is 2.36. The lowest BCUT2D eigenvalue weighted by atomic mass is 10.1. The maximum atomic E-state index is 12.1. The van der Waals surface area contributed by atoms with Crippen molar-refractivity contribution in [3.05, 3.63) is 29.8 Å². The monoisotopic (exact) mass is 305 g/mol. The number of aliphatic carboxylic acids is 1. The number of nitrogens with zero attached hydrogens (tertiary/aromatic N) is 1. The summed E-state index contributed by atoms with van der Waals surface area (Å²) in [6.07, 6.45) is -3.93. The molecule has 0 bridgehead atoms. The molecule has 1 aromatic rings. The molecule has 0 saturated carbocycles. The minimum absolute atomic E-state index is 0.115. The molecule has 0 amide bonds. The minimum Gasteiger partial charge on any atom is -0.480 e. The summed E-state index contributed by atoms with van der Waals surface area (Å²) in [6.45, 7) is 4.23. The predicted octanol–water partition coefficient (Wildman–Crippen LogP) is 3.44. The second-order valence-corrected chi connectivity index (χ2v) is 4.66. The van der Waals surface area contributed by atoms with Crippen LogP contribution in [0, 0.1) is 0 Å². The fraction of sp³-hybridized carbons (Fsp3) is 0.500. The highest BCUT2D eigenvalue weighted by atomic mass is 19.4. The molecule has 0 aliphatic heterocycles. The topological polar surface area (TPSA) is 49.8 Å². The van der Waals surface area contributed by atoms with E-state index in [1.807, 2.05) is 13.8 Å². The second kappa shape index (κ2) is 7.31.